The first-order valence-electron chi connectivity index (χ1n) is 11.4. The average molecular weight is 513 g/mol. The van der Waals surface area contributed by atoms with E-state index in [1.165, 1.54) is 6.20 Å². The molecule has 0 saturated heterocycles. The fourth-order valence-electron chi connectivity index (χ4n) is 3.20. The number of halogens is 1. The highest BCUT2D eigenvalue weighted by atomic mass is 35.5. The highest BCUT2D eigenvalue weighted by molar-refractivity contribution is 6.16. The fraction of sp³-hybridized carbons (Fsp3) is 0.417. The summed E-state index contributed by atoms with van der Waals surface area (Å²) in [6.07, 6.45) is 9.95. The molecule has 0 aliphatic heterocycles. The van der Waals surface area contributed by atoms with Gasteiger partial charge in [0.1, 0.15) is 23.3 Å². The Hall–Kier alpha value is -3.57. The van der Waals surface area contributed by atoms with Crippen LogP contribution in [0.15, 0.2) is 49.3 Å². The van der Waals surface area contributed by atoms with E-state index in [0.717, 1.165) is 17.3 Å². The summed E-state index contributed by atoms with van der Waals surface area (Å²) >= 11 is 5.74. The van der Waals surface area contributed by atoms with Gasteiger partial charge < -0.3 is 15.7 Å². The zero-order valence-corrected chi connectivity index (χ0v) is 22.2. The number of aliphatic hydroxyl groups excluding tert-OH is 1. The van der Waals surface area contributed by atoms with Crippen molar-refractivity contribution >= 4 is 34.9 Å². The van der Waals surface area contributed by atoms with Crippen LogP contribution in [0.2, 0.25) is 0 Å². The van der Waals surface area contributed by atoms with E-state index in [9.17, 15) is 0 Å². The Bertz CT molecular complexity index is 1160. The average Bonchev–Trinajstić information content (AvgIpc) is 3.49. The van der Waals surface area contributed by atoms with E-state index < -0.39 is 0 Å². The van der Waals surface area contributed by atoms with Crippen molar-refractivity contribution in [3.63, 3.8) is 0 Å². The molecule has 11 nitrogen and oxygen atoms in total. The van der Waals surface area contributed by atoms with Crippen molar-refractivity contribution in [1.82, 2.24) is 39.5 Å². The third-order valence-electron chi connectivity index (χ3n) is 4.74. The van der Waals surface area contributed by atoms with E-state index >= 15 is 0 Å². The molecule has 0 aliphatic carbocycles. The molecular formula is C24H33ClN10O. The van der Waals surface area contributed by atoms with Crippen molar-refractivity contribution in [3.05, 3.63) is 60.7 Å². The normalized spacial score (nSPS) is 11.6. The van der Waals surface area contributed by atoms with Crippen LogP contribution < -0.4 is 10.6 Å². The molecule has 0 amide bonds. The number of hydrogen-bond acceptors (Lipinski definition) is 9. The van der Waals surface area contributed by atoms with Gasteiger partial charge in [0.25, 0.3) is 0 Å². The molecule has 0 saturated carbocycles. The summed E-state index contributed by atoms with van der Waals surface area (Å²) in [5, 5.41) is 24.0. The van der Waals surface area contributed by atoms with E-state index in [-0.39, 0.29) is 17.7 Å². The summed E-state index contributed by atoms with van der Waals surface area (Å²) in [7, 11) is 0. The zero-order chi connectivity index (χ0) is 26.3. The molecule has 0 bridgehead atoms. The van der Waals surface area contributed by atoms with Crippen molar-refractivity contribution in [2.75, 3.05) is 10.6 Å². The molecule has 0 radical (unpaired) electrons. The molecule has 0 spiro atoms. The lowest BCUT2D eigenvalue weighted by atomic mass is 10.1. The minimum atomic E-state index is -0.124. The fourth-order valence-corrected chi connectivity index (χ4v) is 3.33. The highest BCUT2D eigenvalue weighted by Gasteiger charge is 2.18. The number of rotatable bonds is 6. The van der Waals surface area contributed by atoms with Gasteiger partial charge in [0, 0.05) is 18.3 Å². The smallest absolute Gasteiger partial charge is 0.150 e. The largest absolute Gasteiger partial charge is 0.390 e. The summed E-state index contributed by atoms with van der Waals surface area (Å²) in [4.78, 5) is 16.7. The van der Waals surface area contributed by atoms with Gasteiger partial charge in [-0.25, -0.2) is 19.3 Å². The van der Waals surface area contributed by atoms with Crippen LogP contribution in [0.25, 0.3) is 0 Å². The first kappa shape index (κ1) is 27.0. The van der Waals surface area contributed by atoms with Crippen LogP contribution in [0.3, 0.4) is 0 Å². The maximum atomic E-state index is 9.02. The standard InChI is InChI=1S/C12H16ClN5.C12H17N5O/c1-12(2,3)18-11(4-5-15-18)17-10-8-14-7-9(6-13)16-10;1-12(2,3)17-11(4-5-14-17)16-10-7-13-6-9(8-18)15-10/h4-5,7-8H,6H2,1-3H3,(H,16,17);4-7,18H,8H2,1-3H3,(H,15,16). The Kier molecular flexibility index (Phi) is 8.59. The quantitative estimate of drug-likeness (QED) is 0.317. The lowest BCUT2D eigenvalue weighted by Crippen LogP contribution is -2.24. The highest BCUT2D eigenvalue weighted by Crippen LogP contribution is 2.23. The monoisotopic (exact) mass is 512 g/mol. The number of anilines is 4. The van der Waals surface area contributed by atoms with E-state index in [1.807, 2.05) is 21.5 Å². The summed E-state index contributed by atoms with van der Waals surface area (Å²) in [5.41, 5.74) is 1.06. The molecule has 3 N–H and O–H groups in total. The number of aliphatic hydroxyl groups is 1. The predicted molar refractivity (Wildman–Crippen MR) is 141 cm³/mol. The Morgan fingerprint density at radius 3 is 1.61 bits per heavy atom. The van der Waals surface area contributed by atoms with Gasteiger partial charge in [-0.3, -0.25) is 9.97 Å². The molecule has 0 atom stereocenters. The molecular weight excluding hydrogens is 480 g/mol. The summed E-state index contributed by atoms with van der Waals surface area (Å²) < 4.78 is 3.78. The predicted octanol–water partition coefficient (Wildman–Crippen LogP) is 4.57. The maximum Gasteiger partial charge on any atom is 0.150 e. The summed E-state index contributed by atoms with van der Waals surface area (Å²) in [6.45, 7) is 12.4. The second kappa shape index (κ2) is 11.4. The molecule has 4 heterocycles. The van der Waals surface area contributed by atoms with Crippen LogP contribution in [-0.4, -0.2) is 44.6 Å². The number of nitrogens with zero attached hydrogens (tertiary/aromatic N) is 8. The van der Waals surface area contributed by atoms with E-state index in [4.69, 9.17) is 16.7 Å². The first-order valence-corrected chi connectivity index (χ1v) is 12.0. The van der Waals surface area contributed by atoms with Crippen molar-refractivity contribution in [2.24, 2.45) is 0 Å². The van der Waals surface area contributed by atoms with Crippen molar-refractivity contribution in [1.29, 1.82) is 0 Å². The molecule has 12 heteroatoms. The van der Waals surface area contributed by atoms with Crippen LogP contribution in [-0.2, 0) is 23.6 Å². The number of hydrogen-bond donors (Lipinski definition) is 3. The lowest BCUT2D eigenvalue weighted by molar-refractivity contribution is 0.276. The third-order valence-corrected chi connectivity index (χ3v) is 5.01. The Morgan fingerprint density at radius 1 is 0.750 bits per heavy atom. The Labute approximate surface area is 216 Å². The van der Waals surface area contributed by atoms with Gasteiger partial charge in [-0.05, 0) is 41.5 Å². The minimum Gasteiger partial charge on any atom is -0.390 e. The molecule has 0 aromatic carbocycles. The Morgan fingerprint density at radius 2 is 1.19 bits per heavy atom. The Balaban J connectivity index is 0.000000201. The van der Waals surface area contributed by atoms with Crippen LogP contribution in [0, 0.1) is 0 Å². The van der Waals surface area contributed by atoms with Crippen LogP contribution in [0.1, 0.15) is 52.9 Å². The van der Waals surface area contributed by atoms with Crippen LogP contribution >= 0.6 is 11.6 Å². The van der Waals surface area contributed by atoms with Gasteiger partial charge in [0.15, 0.2) is 0 Å². The molecule has 0 aliphatic rings. The maximum absolute atomic E-state index is 9.02. The molecule has 36 heavy (non-hydrogen) atoms. The van der Waals surface area contributed by atoms with Crippen LogP contribution in [0.4, 0.5) is 23.3 Å². The lowest BCUT2D eigenvalue weighted by Gasteiger charge is -2.22. The van der Waals surface area contributed by atoms with Crippen molar-refractivity contribution < 1.29 is 5.11 Å². The van der Waals surface area contributed by atoms with Gasteiger partial charge in [-0.15, -0.1) is 11.6 Å². The molecule has 4 aromatic heterocycles. The summed E-state index contributed by atoms with van der Waals surface area (Å²) in [5.74, 6) is 3.32. The van der Waals surface area contributed by atoms with Crippen molar-refractivity contribution in [3.8, 4) is 0 Å². The minimum absolute atomic E-state index is 0.0939. The number of nitrogens with one attached hydrogen (secondary N) is 2. The molecule has 0 unspecified atom stereocenters. The molecule has 4 rings (SSSR count). The van der Waals surface area contributed by atoms with E-state index in [1.54, 1.807) is 31.0 Å². The summed E-state index contributed by atoms with van der Waals surface area (Å²) in [6, 6.07) is 3.78. The third kappa shape index (κ3) is 7.22. The van der Waals surface area contributed by atoms with Gasteiger partial charge in [0.2, 0.25) is 0 Å². The van der Waals surface area contributed by atoms with E-state index in [0.29, 0.717) is 23.2 Å². The molecule has 0 fully saturated rings. The van der Waals surface area contributed by atoms with Gasteiger partial charge >= 0.3 is 0 Å². The molecule has 4 aromatic rings. The van der Waals surface area contributed by atoms with Crippen LogP contribution in [0.5, 0.6) is 0 Å². The van der Waals surface area contributed by atoms with E-state index in [2.05, 4.69) is 82.3 Å². The molecule has 192 valence electrons. The SMILES string of the molecule is CC(C)(C)n1nccc1Nc1cncc(CCl)n1.CC(C)(C)n1nccc1Nc1cncc(CO)n1. The first-order chi connectivity index (χ1) is 17.0. The van der Waals surface area contributed by atoms with Gasteiger partial charge in [0.05, 0.1) is 65.9 Å². The van der Waals surface area contributed by atoms with Gasteiger partial charge in [-0.1, -0.05) is 0 Å². The number of aromatic nitrogens is 8. The van der Waals surface area contributed by atoms with Crippen molar-refractivity contribution in [2.45, 2.75) is 65.1 Å². The second-order valence-electron chi connectivity index (χ2n) is 9.93. The van der Waals surface area contributed by atoms with Gasteiger partial charge in [-0.2, -0.15) is 10.2 Å². The number of alkyl halides is 1. The topological polar surface area (TPSA) is 131 Å². The zero-order valence-electron chi connectivity index (χ0n) is 21.4. The second-order valence-corrected chi connectivity index (χ2v) is 10.2.